The number of aromatic nitrogens is 2. The lowest BCUT2D eigenvalue weighted by atomic mass is 10.1. The van der Waals surface area contributed by atoms with Crippen LogP contribution in [0.15, 0.2) is 67.0 Å². The van der Waals surface area contributed by atoms with Gasteiger partial charge >= 0.3 is 0 Å². The number of carbonyl (C=O) groups excluding carboxylic acids is 1. The highest BCUT2D eigenvalue weighted by atomic mass is 32.1. The fourth-order valence-corrected chi connectivity index (χ4v) is 4.22. The number of benzene rings is 2. The monoisotopic (exact) mass is 403 g/mol. The number of pyridine rings is 1. The summed E-state index contributed by atoms with van der Waals surface area (Å²) >= 11 is 1.47. The van der Waals surface area contributed by atoms with Gasteiger partial charge in [-0.05, 0) is 17.2 Å². The molecule has 0 aliphatic carbocycles. The number of hydrogen-bond acceptors (Lipinski definition) is 6. The van der Waals surface area contributed by atoms with Crippen LogP contribution in [0.4, 0.5) is 5.13 Å². The van der Waals surface area contributed by atoms with E-state index in [1.54, 1.807) is 17.3 Å². The fourth-order valence-electron chi connectivity index (χ4n) is 3.22. The number of thiazole rings is 1. The lowest BCUT2D eigenvalue weighted by molar-refractivity contribution is -0.118. The molecule has 4 aromatic rings. The average molecular weight is 403 g/mol. The molecule has 2 aromatic heterocycles. The number of fused-ring (bicyclic) bond motifs is 2. The van der Waals surface area contributed by atoms with E-state index in [0.717, 1.165) is 21.3 Å². The van der Waals surface area contributed by atoms with Crippen LogP contribution >= 0.6 is 11.3 Å². The zero-order chi connectivity index (χ0) is 19.6. The van der Waals surface area contributed by atoms with Crippen molar-refractivity contribution in [3.05, 3.63) is 78.1 Å². The second-order valence-corrected chi connectivity index (χ2v) is 7.68. The number of rotatable bonds is 5. The van der Waals surface area contributed by atoms with Crippen molar-refractivity contribution >= 4 is 32.6 Å². The second-order valence-electron chi connectivity index (χ2n) is 6.67. The van der Waals surface area contributed by atoms with E-state index in [1.807, 2.05) is 54.6 Å². The first-order valence-corrected chi connectivity index (χ1v) is 10.0. The summed E-state index contributed by atoms with van der Waals surface area (Å²) in [6, 6.07) is 17.3. The van der Waals surface area contributed by atoms with Crippen molar-refractivity contribution in [3.63, 3.8) is 0 Å². The van der Waals surface area contributed by atoms with Gasteiger partial charge in [0.15, 0.2) is 16.6 Å². The summed E-state index contributed by atoms with van der Waals surface area (Å²) in [5.74, 6) is 1.38. The van der Waals surface area contributed by atoms with Crippen LogP contribution in [0.25, 0.3) is 10.2 Å². The number of carbonyl (C=O) groups is 1. The predicted octanol–water partition coefficient (Wildman–Crippen LogP) is 4.20. The summed E-state index contributed by atoms with van der Waals surface area (Å²) in [6.07, 6.45) is 3.80. The van der Waals surface area contributed by atoms with Crippen LogP contribution in [0.5, 0.6) is 11.5 Å². The Morgan fingerprint density at radius 3 is 2.62 bits per heavy atom. The van der Waals surface area contributed by atoms with Crippen molar-refractivity contribution in [3.8, 4) is 11.5 Å². The first-order chi connectivity index (χ1) is 14.3. The Labute approximate surface area is 171 Å². The molecule has 7 heteroatoms. The van der Waals surface area contributed by atoms with Crippen LogP contribution in [0, 0.1) is 0 Å². The summed E-state index contributed by atoms with van der Waals surface area (Å²) in [6.45, 7) is 0.633. The first kappa shape index (κ1) is 17.6. The maximum Gasteiger partial charge on any atom is 0.233 e. The number of anilines is 1. The van der Waals surface area contributed by atoms with Crippen molar-refractivity contribution in [1.82, 2.24) is 9.97 Å². The van der Waals surface area contributed by atoms with Crippen molar-refractivity contribution in [2.24, 2.45) is 0 Å². The fraction of sp³-hybridized carbons (Fsp3) is 0.136. The number of amides is 1. The van der Waals surface area contributed by atoms with Crippen molar-refractivity contribution in [2.75, 3.05) is 11.7 Å². The Hall–Kier alpha value is -3.45. The predicted molar refractivity (Wildman–Crippen MR) is 111 cm³/mol. The van der Waals surface area contributed by atoms with Crippen molar-refractivity contribution < 1.29 is 14.3 Å². The zero-order valence-electron chi connectivity index (χ0n) is 15.4. The lowest BCUT2D eigenvalue weighted by Crippen LogP contribution is -2.31. The quantitative estimate of drug-likeness (QED) is 0.500. The van der Waals surface area contributed by atoms with E-state index < -0.39 is 0 Å². The molecule has 0 radical (unpaired) electrons. The highest BCUT2D eigenvalue weighted by Gasteiger charge is 2.23. The van der Waals surface area contributed by atoms with Gasteiger partial charge in [-0.2, -0.15) is 0 Å². The van der Waals surface area contributed by atoms with E-state index in [9.17, 15) is 4.79 Å². The third-order valence-electron chi connectivity index (χ3n) is 4.67. The van der Waals surface area contributed by atoms with Crippen LogP contribution in [0.2, 0.25) is 0 Å². The standard InChI is InChI=1S/C22H17N3O3S/c26-21(9-15-5-2-1-3-6-15)25(13-16-7-4-8-23-12-16)22-24-17-10-18-19(28-14-27-18)11-20(17)29-22/h1-8,10-12H,9,13-14H2. The molecule has 1 aliphatic rings. The number of ether oxygens (including phenoxy) is 2. The van der Waals surface area contributed by atoms with E-state index in [0.29, 0.717) is 29.6 Å². The number of hydrogen-bond donors (Lipinski definition) is 0. The van der Waals surface area contributed by atoms with Gasteiger partial charge in [0, 0.05) is 24.5 Å². The topological polar surface area (TPSA) is 64.6 Å². The molecule has 0 fully saturated rings. The van der Waals surface area contributed by atoms with Gasteiger partial charge in [0.1, 0.15) is 0 Å². The van der Waals surface area contributed by atoms with Crippen molar-refractivity contribution in [2.45, 2.75) is 13.0 Å². The Kier molecular flexibility index (Phi) is 4.57. The molecule has 1 amide bonds. The molecule has 144 valence electrons. The molecular weight excluding hydrogens is 386 g/mol. The molecule has 2 aromatic carbocycles. The van der Waals surface area contributed by atoms with Gasteiger partial charge in [0.25, 0.3) is 0 Å². The van der Waals surface area contributed by atoms with Crippen LogP contribution in [-0.2, 0) is 17.8 Å². The number of nitrogens with zero attached hydrogens (tertiary/aromatic N) is 3. The Bertz CT molecular complexity index is 1120. The second kappa shape index (κ2) is 7.52. The van der Waals surface area contributed by atoms with E-state index in [4.69, 9.17) is 14.5 Å². The summed E-state index contributed by atoms with van der Waals surface area (Å²) < 4.78 is 11.9. The summed E-state index contributed by atoms with van der Waals surface area (Å²) in [7, 11) is 0. The van der Waals surface area contributed by atoms with Gasteiger partial charge < -0.3 is 9.47 Å². The van der Waals surface area contributed by atoms with Gasteiger partial charge in [-0.3, -0.25) is 14.7 Å². The smallest absolute Gasteiger partial charge is 0.233 e. The van der Waals surface area contributed by atoms with Crippen molar-refractivity contribution in [1.29, 1.82) is 0 Å². The SMILES string of the molecule is O=C(Cc1ccccc1)N(Cc1cccnc1)c1nc2cc3c(cc2s1)OCO3. The molecule has 0 N–H and O–H groups in total. The highest BCUT2D eigenvalue weighted by Crippen LogP contribution is 2.40. The van der Waals surface area contributed by atoms with E-state index in [1.165, 1.54) is 11.3 Å². The van der Waals surface area contributed by atoms with E-state index in [2.05, 4.69) is 4.98 Å². The molecule has 1 aliphatic heterocycles. The summed E-state index contributed by atoms with van der Waals surface area (Å²) in [5.41, 5.74) is 2.70. The molecule has 29 heavy (non-hydrogen) atoms. The molecular formula is C22H17N3O3S. The van der Waals surface area contributed by atoms with Gasteiger partial charge in [0.2, 0.25) is 12.7 Å². The Morgan fingerprint density at radius 1 is 1.03 bits per heavy atom. The third kappa shape index (κ3) is 3.64. The molecule has 6 nitrogen and oxygen atoms in total. The molecule has 0 saturated heterocycles. The average Bonchev–Trinajstić information content (AvgIpc) is 3.37. The molecule has 0 unspecified atom stereocenters. The van der Waals surface area contributed by atoms with E-state index in [-0.39, 0.29) is 12.7 Å². The van der Waals surface area contributed by atoms with Gasteiger partial charge in [-0.1, -0.05) is 47.7 Å². The zero-order valence-corrected chi connectivity index (χ0v) is 16.3. The van der Waals surface area contributed by atoms with E-state index >= 15 is 0 Å². The minimum Gasteiger partial charge on any atom is -0.454 e. The largest absolute Gasteiger partial charge is 0.454 e. The van der Waals surface area contributed by atoms with Crippen LogP contribution in [-0.4, -0.2) is 22.7 Å². The van der Waals surface area contributed by atoms with Crippen LogP contribution in [0.3, 0.4) is 0 Å². The molecule has 0 saturated carbocycles. The van der Waals surface area contributed by atoms with Gasteiger partial charge in [-0.25, -0.2) is 4.98 Å². The Balaban J connectivity index is 1.50. The highest BCUT2D eigenvalue weighted by molar-refractivity contribution is 7.22. The normalized spacial score (nSPS) is 12.3. The van der Waals surface area contributed by atoms with Gasteiger partial charge in [0.05, 0.1) is 23.2 Å². The third-order valence-corrected chi connectivity index (χ3v) is 5.71. The molecule has 0 bridgehead atoms. The minimum absolute atomic E-state index is 0.0147. The van der Waals surface area contributed by atoms with Crippen LogP contribution < -0.4 is 14.4 Å². The summed E-state index contributed by atoms with van der Waals surface area (Å²) in [5, 5.41) is 0.647. The maximum absolute atomic E-state index is 13.2. The van der Waals surface area contributed by atoms with Crippen LogP contribution in [0.1, 0.15) is 11.1 Å². The molecule has 3 heterocycles. The van der Waals surface area contributed by atoms with Gasteiger partial charge in [-0.15, -0.1) is 0 Å². The lowest BCUT2D eigenvalue weighted by Gasteiger charge is -2.20. The molecule has 5 rings (SSSR count). The minimum atomic E-state index is -0.0147. The maximum atomic E-state index is 13.2. The first-order valence-electron chi connectivity index (χ1n) is 9.20. The Morgan fingerprint density at radius 2 is 1.83 bits per heavy atom. The molecule has 0 atom stereocenters. The summed E-state index contributed by atoms with van der Waals surface area (Å²) in [4.78, 5) is 23.8. The molecule has 0 spiro atoms.